The Kier molecular flexibility index (Phi) is 3.20. The van der Waals surface area contributed by atoms with Crippen LogP contribution in [0.15, 0.2) is 23.6 Å². The molecule has 0 atom stereocenters. The van der Waals surface area contributed by atoms with E-state index in [4.69, 9.17) is 18.0 Å². The lowest BCUT2D eigenvalue weighted by Gasteiger charge is -2.09. The number of halogens is 1. The van der Waals surface area contributed by atoms with Gasteiger partial charge in [-0.15, -0.1) is 11.3 Å². The molecule has 1 aliphatic rings. The molecule has 1 saturated carbocycles. The van der Waals surface area contributed by atoms with Crippen LogP contribution < -0.4 is 11.1 Å². The number of benzene rings is 1. The van der Waals surface area contributed by atoms with Crippen LogP contribution in [-0.4, -0.2) is 9.97 Å². The van der Waals surface area contributed by atoms with Crippen molar-refractivity contribution in [3.05, 3.63) is 40.7 Å². The highest BCUT2D eigenvalue weighted by Gasteiger charge is 2.26. The van der Waals surface area contributed by atoms with Gasteiger partial charge in [-0.05, 0) is 25.0 Å². The van der Waals surface area contributed by atoms with E-state index in [0.717, 1.165) is 10.8 Å². The minimum absolute atomic E-state index is 0.0413. The van der Waals surface area contributed by atoms with Crippen LogP contribution >= 0.6 is 23.6 Å². The van der Waals surface area contributed by atoms with E-state index in [1.165, 1.54) is 30.2 Å². The zero-order chi connectivity index (χ0) is 13.4. The third-order valence-electron chi connectivity index (χ3n) is 3.02. The first kappa shape index (κ1) is 12.5. The number of thiocarbonyl (C=S) groups is 1. The number of aromatic nitrogens is 1. The highest BCUT2D eigenvalue weighted by atomic mass is 32.1. The molecular formula is C13H12FN3S2. The SMILES string of the molecule is NC(=S)c1c(F)cccc1Nc1nc(C2CC2)cs1. The molecule has 0 radical (unpaired) electrons. The molecule has 1 fully saturated rings. The molecule has 1 aliphatic carbocycles. The van der Waals surface area contributed by atoms with Crippen LogP contribution in [0.1, 0.15) is 30.0 Å². The quantitative estimate of drug-likeness (QED) is 0.847. The van der Waals surface area contributed by atoms with E-state index in [1.807, 2.05) is 5.38 Å². The lowest BCUT2D eigenvalue weighted by atomic mass is 10.1. The highest BCUT2D eigenvalue weighted by molar-refractivity contribution is 7.80. The van der Waals surface area contributed by atoms with Crippen molar-refractivity contribution < 1.29 is 4.39 Å². The molecule has 19 heavy (non-hydrogen) atoms. The molecule has 1 aromatic heterocycles. The number of hydrogen-bond donors (Lipinski definition) is 2. The molecule has 0 unspecified atom stereocenters. The summed E-state index contributed by atoms with van der Waals surface area (Å²) in [7, 11) is 0. The van der Waals surface area contributed by atoms with Crippen LogP contribution in [0.5, 0.6) is 0 Å². The van der Waals surface area contributed by atoms with E-state index < -0.39 is 5.82 Å². The van der Waals surface area contributed by atoms with Crippen molar-refractivity contribution in [2.75, 3.05) is 5.32 Å². The highest BCUT2D eigenvalue weighted by Crippen LogP contribution is 2.41. The topological polar surface area (TPSA) is 50.9 Å². The number of nitrogens with two attached hydrogens (primary N) is 1. The molecule has 3 N–H and O–H groups in total. The molecule has 1 heterocycles. The molecule has 0 aliphatic heterocycles. The number of anilines is 2. The van der Waals surface area contributed by atoms with Crippen LogP contribution in [0.25, 0.3) is 0 Å². The second-order valence-electron chi connectivity index (χ2n) is 4.50. The molecule has 0 saturated heterocycles. The van der Waals surface area contributed by atoms with E-state index in [9.17, 15) is 4.39 Å². The third kappa shape index (κ3) is 2.59. The van der Waals surface area contributed by atoms with Gasteiger partial charge in [0.25, 0.3) is 0 Å². The van der Waals surface area contributed by atoms with Crippen molar-refractivity contribution in [1.82, 2.24) is 4.98 Å². The zero-order valence-electron chi connectivity index (χ0n) is 10.0. The summed E-state index contributed by atoms with van der Waals surface area (Å²) in [6, 6.07) is 4.71. The first-order valence-corrected chi connectivity index (χ1v) is 7.24. The largest absolute Gasteiger partial charge is 0.389 e. The average molecular weight is 293 g/mol. The number of hydrogen-bond acceptors (Lipinski definition) is 4. The summed E-state index contributed by atoms with van der Waals surface area (Å²) >= 11 is 6.40. The van der Waals surface area contributed by atoms with Gasteiger partial charge < -0.3 is 11.1 Å². The number of thiazole rings is 1. The standard InChI is InChI=1S/C13H12FN3S2/c14-8-2-1-3-9(11(8)12(15)18)16-13-17-10(6-19-13)7-4-5-7/h1-3,6-7H,4-5H2,(H2,15,18)(H,16,17). The summed E-state index contributed by atoms with van der Waals surface area (Å²) in [4.78, 5) is 4.54. The first-order chi connectivity index (χ1) is 9.15. The van der Waals surface area contributed by atoms with Crippen LogP contribution in [-0.2, 0) is 0 Å². The Labute approximate surface area is 119 Å². The molecule has 0 amide bonds. The molecule has 98 valence electrons. The first-order valence-electron chi connectivity index (χ1n) is 5.96. The minimum atomic E-state index is -0.420. The maximum Gasteiger partial charge on any atom is 0.187 e. The van der Waals surface area contributed by atoms with Crippen molar-refractivity contribution in [3.63, 3.8) is 0 Å². The summed E-state index contributed by atoms with van der Waals surface area (Å²) in [5.74, 6) is 0.186. The van der Waals surface area contributed by atoms with Crippen LogP contribution in [0.2, 0.25) is 0 Å². The molecular weight excluding hydrogens is 281 g/mol. The molecule has 0 bridgehead atoms. The van der Waals surface area contributed by atoms with Crippen LogP contribution in [0.3, 0.4) is 0 Å². The molecule has 1 aromatic carbocycles. The van der Waals surface area contributed by atoms with Gasteiger partial charge in [0, 0.05) is 11.3 Å². The van der Waals surface area contributed by atoms with E-state index in [2.05, 4.69) is 10.3 Å². The number of nitrogens with one attached hydrogen (secondary N) is 1. The monoisotopic (exact) mass is 293 g/mol. The van der Waals surface area contributed by atoms with E-state index in [0.29, 0.717) is 11.6 Å². The molecule has 3 rings (SSSR count). The van der Waals surface area contributed by atoms with Gasteiger partial charge in [-0.25, -0.2) is 9.37 Å². The van der Waals surface area contributed by atoms with E-state index in [1.54, 1.807) is 12.1 Å². The molecule has 6 heteroatoms. The van der Waals surface area contributed by atoms with Gasteiger partial charge in [0.1, 0.15) is 10.8 Å². The lowest BCUT2D eigenvalue weighted by Crippen LogP contribution is -2.14. The Morgan fingerprint density at radius 1 is 1.47 bits per heavy atom. The van der Waals surface area contributed by atoms with Gasteiger partial charge >= 0.3 is 0 Å². The van der Waals surface area contributed by atoms with E-state index >= 15 is 0 Å². The van der Waals surface area contributed by atoms with Gasteiger partial charge in [0.2, 0.25) is 0 Å². The fraction of sp³-hybridized carbons (Fsp3) is 0.231. The molecule has 2 aromatic rings. The fourth-order valence-corrected chi connectivity index (χ4v) is 2.92. The van der Waals surface area contributed by atoms with Crippen molar-refractivity contribution >= 4 is 39.4 Å². The van der Waals surface area contributed by atoms with Crippen LogP contribution in [0.4, 0.5) is 15.2 Å². The smallest absolute Gasteiger partial charge is 0.187 e. The zero-order valence-corrected chi connectivity index (χ0v) is 11.7. The van der Waals surface area contributed by atoms with Gasteiger partial charge in [-0.2, -0.15) is 0 Å². The van der Waals surface area contributed by atoms with E-state index in [-0.39, 0.29) is 10.6 Å². The van der Waals surface area contributed by atoms with Crippen LogP contribution in [0, 0.1) is 5.82 Å². The molecule has 3 nitrogen and oxygen atoms in total. The number of rotatable bonds is 4. The Balaban J connectivity index is 1.89. The normalized spacial score (nSPS) is 14.4. The summed E-state index contributed by atoms with van der Waals surface area (Å²) in [6.07, 6.45) is 2.42. The third-order valence-corrected chi connectivity index (χ3v) is 4.00. The molecule has 0 spiro atoms. The summed E-state index contributed by atoms with van der Waals surface area (Å²) < 4.78 is 13.7. The fourth-order valence-electron chi connectivity index (χ4n) is 1.90. The van der Waals surface area contributed by atoms with Gasteiger partial charge in [0.05, 0.1) is 16.9 Å². The minimum Gasteiger partial charge on any atom is -0.389 e. The predicted molar refractivity (Wildman–Crippen MR) is 79.7 cm³/mol. The lowest BCUT2D eigenvalue weighted by molar-refractivity contribution is 0.626. The van der Waals surface area contributed by atoms with Crippen molar-refractivity contribution in [1.29, 1.82) is 0 Å². The Bertz CT molecular complexity index is 635. The Morgan fingerprint density at radius 3 is 2.95 bits per heavy atom. The Hall–Kier alpha value is -1.53. The van der Waals surface area contributed by atoms with Gasteiger partial charge in [-0.1, -0.05) is 18.3 Å². The second-order valence-corrected chi connectivity index (χ2v) is 5.80. The average Bonchev–Trinajstić information content (AvgIpc) is 3.10. The summed E-state index contributed by atoms with van der Waals surface area (Å²) in [5, 5.41) is 5.88. The van der Waals surface area contributed by atoms with Crippen molar-refractivity contribution in [3.8, 4) is 0 Å². The van der Waals surface area contributed by atoms with Gasteiger partial charge in [0.15, 0.2) is 5.13 Å². The van der Waals surface area contributed by atoms with Crippen molar-refractivity contribution in [2.45, 2.75) is 18.8 Å². The maximum absolute atomic E-state index is 13.7. The Morgan fingerprint density at radius 2 is 2.26 bits per heavy atom. The van der Waals surface area contributed by atoms with Crippen molar-refractivity contribution in [2.24, 2.45) is 5.73 Å². The maximum atomic E-state index is 13.7. The number of nitrogens with zero attached hydrogens (tertiary/aromatic N) is 1. The van der Waals surface area contributed by atoms with Gasteiger partial charge in [-0.3, -0.25) is 0 Å². The summed E-state index contributed by atoms with van der Waals surface area (Å²) in [6.45, 7) is 0. The predicted octanol–water partition coefficient (Wildman–Crippen LogP) is 3.54. The summed E-state index contributed by atoms with van der Waals surface area (Å²) in [5.41, 5.74) is 7.47. The second kappa shape index (κ2) is 4.86.